The highest BCUT2D eigenvalue weighted by Gasteiger charge is 2.31. The van der Waals surface area contributed by atoms with Crippen LogP contribution in [0.4, 0.5) is 10.5 Å². The minimum absolute atomic E-state index is 0.0335. The second-order valence-corrected chi connectivity index (χ2v) is 6.21. The number of carbonyl (C=O) groups excluding carboxylic acids is 1. The third kappa shape index (κ3) is 3.00. The van der Waals surface area contributed by atoms with E-state index in [2.05, 4.69) is 27.1 Å². The molecule has 22 heavy (non-hydrogen) atoms. The standard InChI is InChI=1S/C15H21N5OS/c1-3-19-6-7-20(8-13(19)14-16-4-5-17-14)15(21)18-12-10-22-9-11(12)2/h4-5,9-10,13H,3,6-8H2,1-2H3,(H,16,17)(H,18,21)/t13-/m0/s1. The molecule has 0 unspecified atom stereocenters. The van der Waals surface area contributed by atoms with E-state index >= 15 is 0 Å². The maximum Gasteiger partial charge on any atom is 0.321 e. The number of H-pyrrole nitrogens is 1. The molecule has 7 heteroatoms. The zero-order valence-electron chi connectivity index (χ0n) is 12.9. The van der Waals surface area contributed by atoms with E-state index in [0.717, 1.165) is 36.7 Å². The molecule has 0 saturated carbocycles. The number of carbonyl (C=O) groups is 1. The molecule has 6 nitrogen and oxygen atoms in total. The maximum atomic E-state index is 12.5. The molecule has 0 aromatic carbocycles. The van der Waals surface area contributed by atoms with Crippen LogP contribution in [-0.4, -0.2) is 52.0 Å². The minimum Gasteiger partial charge on any atom is -0.347 e. The Morgan fingerprint density at radius 1 is 1.50 bits per heavy atom. The van der Waals surface area contributed by atoms with Gasteiger partial charge in [-0.2, -0.15) is 0 Å². The Hall–Kier alpha value is -1.86. The van der Waals surface area contributed by atoms with Crippen molar-refractivity contribution in [3.8, 4) is 0 Å². The number of urea groups is 1. The van der Waals surface area contributed by atoms with Gasteiger partial charge in [-0.05, 0) is 24.4 Å². The summed E-state index contributed by atoms with van der Waals surface area (Å²) in [4.78, 5) is 24.3. The number of aromatic amines is 1. The van der Waals surface area contributed by atoms with Gasteiger partial charge in [-0.3, -0.25) is 4.90 Å². The molecule has 2 aromatic heterocycles. The van der Waals surface area contributed by atoms with E-state index in [4.69, 9.17) is 0 Å². The monoisotopic (exact) mass is 319 g/mol. The number of nitrogens with one attached hydrogen (secondary N) is 2. The summed E-state index contributed by atoms with van der Waals surface area (Å²) in [6.45, 7) is 7.34. The summed E-state index contributed by atoms with van der Waals surface area (Å²) >= 11 is 1.60. The van der Waals surface area contributed by atoms with Crippen LogP contribution in [-0.2, 0) is 0 Å². The summed E-state index contributed by atoms with van der Waals surface area (Å²) < 4.78 is 0. The summed E-state index contributed by atoms with van der Waals surface area (Å²) in [5.74, 6) is 0.922. The molecule has 1 aliphatic heterocycles. The third-order valence-corrected chi connectivity index (χ3v) is 4.98. The van der Waals surface area contributed by atoms with Crippen LogP contribution in [0.25, 0.3) is 0 Å². The number of thiophene rings is 1. The molecule has 0 radical (unpaired) electrons. The number of likely N-dealkylation sites (N-methyl/N-ethyl adjacent to an activating group) is 1. The largest absolute Gasteiger partial charge is 0.347 e. The van der Waals surface area contributed by atoms with Crippen LogP contribution in [0.5, 0.6) is 0 Å². The molecule has 2 amide bonds. The van der Waals surface area contributed by atoms with E-state index in [0.29, 0.717) is 6.54 Å². The smallest absolute Gasteiger partial charge is 0.321 e. The van der Waals surface area contributed by atoms with Gasteiger partial charge in [-0.25, -0.2) is 9.78 Å². The molecule has 1 saturated heterocycles. The fourth-order valence-corrected chi connectivity index (χ4v) is 3.57. The van der Waals surface area contributed by atoms with Crippen molar-refractivity contribution in [2.24, 2.45) is 0 Å². The van der Waals surface area contributed by atoms with E-state index in [-0.39, 0.29) is 12.1 Å². The number of nitrogens with zero attached hydrogens (tertiary/aromatic N) is 3. The maximum absolute atomic E-state index is 12.5. The lowest BCUT2D eigenvalue weighted by molar-refractivity contribution is 0.0946. The Bertz CT molecular complexity index is 624. The van der Waals surface area contributed by atoms with E-state index in [9.17, 15) is 4.79 Å². The highest BCUT2D eigenvalue weighted by molar-refractivity contribution is 7.08. The number of rotatable bonds is 3. The van der Waals surface area contributed by atoms with Crippen molar-refractivity contribution in [2.75, 3.05) is 31.5 Å². The number of imidazole rings is 1. The van der Waals surface area contributed by atoms with Gasteiger partial charge in [0.05, 0.1) is 11.7 Å². The predicted molar refractivity (Wildman–Crippen MR) is 88.2 cm³/mol. The van der Waals surface area contributed by atoms with Crippen molar-refractivity contribution in [2.45, 2.75) is 19.9 Å². The van der Waals surface area contributed by atoms with Crippen molar-refractivity contribution in [1.29, 1.82) is 0 Å². The fourth-order valence-electron chi connectivity index (χ4n) is 2.79. The van der Waals surface area contributed by atoms with Crippen molar-refractivity contribution in [3.63, 3.8) is 0 Å². The number of anilines is 1. The number of aryl methyl sites for hydroxylation is 1. The van der Waals surface area contributed by atoms with E-state index < -0.39 is 0 Å². The molecule has 2 N–H and O–H groups in total. The molecular formula is C15H21N5OS. The van der Waals surface area contributed by atoms with Gasteiger partial charge >= 0.3 is 6.03 Å². The van der Waals surface area contributed by atoms with Gasteiger partial charge in [0.15, 0.2) is 0 Å². The van der Waals surface area contributed by atoms with Crippen molar-refractivity contribution in [3.05, 3.63) is 34.5 Å². The Labute approximate surface area is 134 Å². The minimum atomic E-state index is -0.0335. The van der Waals surface area contributed by atoms with Gasteiger partial charge in [0.2, 0.25) is 0 Å². The topological polar surface area (TPSA) is 64.3 Å². The molecule has 1 fully saturated rings. The van der Waals surface area contributed by atoms with E-state index in [1.165, 1.54) is 0 Å². The van der Waals surface area contributed by atoms with Gasteiger partial charge in [0, 0.05) is 37.4 Å². The Balaban J connectivity index is 1.70. The molecule has 2 aromatic rings. The van der Waals surface area contributed by atoms with Crippen LogP contribution in [0.3, 0.4) is 0 Å². The molecule has 3 heterocycles. The third-order valence-electron chi connectivity index (χ3n) is 4.12. The summed E-state index contributed by atoms with van der Waals surface area (Å²) in [7, 11) is 0. The Morgan fingerprint density at radius 3 is 3.00 bits per heavy atom. The van der Waals surface area contributed by atoms with Crippen LogP contribution in [0.15, 0.2) is 23.2 Å². The van der Waals surface area contributed by atoms with E-state index in [1.54, 1.807) is 17.5 Å². The van der Waals surface area contributed by atoms with Gasteiger partial charge < -0.3 is 15.2 Å². The molecule has 1 aliphatic rings. The molecule has 118 valence electrons. The summed E-state index contributed by atoms with van der Waals surface area (Å²) in [6.07, 6.45) is 3.59. The number of hydrogen-bond donors (Lipinski definition) is 2. The molecule has 0 aliphatic carbocycles. The highest BCUT2D eigenvalue weighted by Crippen LogP contribution is 2.24. The highest BCUT2D eigenvalue weighted by atomic mass is 32.1. The number of piperazine rings is 1. The first-order chi connectivity index (χ1) is 10.7. The van der Waals surface area contributed by atoms with Crippen molar-refractivity contribution < 1.29 is 4.79 Å². The predicted octanol–water partition coefficient (Wildman–Crippen LogP) is 2.69. The van der Waals surface area contributed by atoms with Crippen LogP contribution in [0.2, 0.25) is 0 Å². The number of hydrogen-bond acceptors (Lipinski definition) is 4. The van der Waals surface area contributed by atoms with Gasteiger partial charge in [0.1, 0.15) is 5.82 Å². The van der Waals surface area contributed by atoms with Gasteiger partial charge in [0.25, 0.3) is 0 Å². The summed E-state index contributed by atoms with van der Waals surface area (Å²) in [6, 6.07) is 0.0943. The van der Waals surface area contributed by atoms with Crippen molar-refractivity contribution in [1.82, 2.24) is 19.8 Å². The number of aromatic nitrogens is 2. The molecular weight excluding hydrogens is 298 g/mol. The summed E-state index contributed by atoms with van der Waals surface area (Å²) in [5, 5.41) is 7.02. The van der Waals surface area contributed by atoms with E-state index in [1.807, 2.05) is 28.8 Å². The lowest BCUT2D eigenvalue weighted by atomic mass is 10.1. The quantitative estimate of drug-likeness (QED) is 0.914. The Morgan fingerprint density at radius 2 is 2.36 bits per heavy atom. The molecule has 0 bridgehead atoms. The van der Waals surface area contributed by atoms with Crippen LogP contribution in [0.1, 0.15) is 24.4 Å². The fraction of sp³-hybridized carbons (Fsp3) is 0.467. The lowest BCUT2D eigenvalue weighted by Gasteiger charge is -2.39. The first-order valence-corrected chi connectivity index (χ1v) is 8.45. The first-order valence-electron chi connectivity index (χ1n) is 7.51. The first kappa shape index (κ1) is 15.1. The average molecular weight is 319 g/mol. The second kappa shape index (κ2) is 6.50. The normalized spacial score (nSPS) is 19.4. The molecule has 3 rings (SSSR count). The Kier molecular flexibility index (Phi) is 4.44. The van der Waals surface area contributed by atoms with Crippen LogP contribution in [0, 0.1) is 6.92 Å². The molecule has 0 spiro atoms. The SMILES string of the molecule is CCN1CCN(C(=O)Nc2cscc2C)C[C@H]1c1ncc[nH]1. The van der Waals surface area contributed by atoms with Crippen LogP contribution >= 0.6 is 11.3 Å². The average Bonchev–Trinajstić information content (AvgIpc) is 3.19. The van der Waals surface area contributed by atoms with Crippen molar-refractivity contribution >= 4 is 23.1 Å². The van der Waals surface area contributed by atoms with Gasteiger partial charge in [-0.15, -0.1) is 11.3 Å². The zero-order valence-corrected chi connectivity index (χ0v) is 13.7. The van der Waals surface area contributed by atoms with Crippen LogP contribution < -0.4 is 5.32 Å². The number of amides is 2. The molecule has 1 atom stereocenters. The summed E-state index contributed by atoms with van der Waals surface area (Å²) in [5.41, 5.74) is 2.01. The lowest BCUT2D eigenvalue weighted by Crippen LogP contribution is -2.51. The zero-order chi connectivity index (χ0) is 15.5. The second-order valence-electron chi connectivity index (χ2n) is 5.46. The van der Waals surface area contributed by atoms with Gasteiger partial charge in [-0.1, -0.05) is 6.92 Å².